The molecular formula is C25H26N2O5S2. The number of benzene rings is 2. The van der Waals surface area contributed by atoms with Gasteiger partial charge in [0.1, 0.15) is 4.75 Å². The zero-order valence-corrected chi connectivity index (χ0v) is 20.2. The summed E-state index contributed by atoms with van der Waals surface area (Å²) in [5, 5.41) is 11.4. The van der Waals surface area contributed by atoms with Crippen LogP contribution in [0.5, 0.6) is 0 Å². The molecule has 0 spiro atoms. The lowest BCUT2D eigenvalue weighted by atomic mass is 9.97. The van der Waals surface area contributed by atoms with Crippen molar-refractivity contribution < 1.29 is 23.2 Å². The molecule has 34 heavy (non-hydrogen) atoms. The summed E-state index contributed by atoms with van der Waals surface area (Å²) in [7, 11) is -3.81. The number of sulfone groups is 1. The fourth-order valence-corrected chi connectivity index (χ4v) is 8.36. The van der Waals surface area contributed by atoms with E-state index in [0.29, 0.717) is 4.88 Å². The van der Waals surface area contributed by atoms with Gasteiger partial charge in [-0.2, -0.15) is 0 Å². The van der Waals surface area contributed by atoms with Crippen molar-refractivity contribution in [1.82, 2.24) is 10.4 Å². The van der Waals surface area contributed by atoms with E-state index < -0.39 is 26.9 Å². The molecule has 2 N–H and O–H groups in total. The summed E-state index contributed by atoms with van der Waals surface area (Å²) < 4.78 is 25.8. The highest BCUT2D eigenvalue weighted by molar-refractivity contribution is 7.92. The number of fused-ring (bicyclic) bond motifs is 1. The van der Waals surface area contributed by atoms with E-state index in [9.17, 15) is 23.2 Å². The largest absolute Gasteiger partial charge is 0.341 e. The molecule has 1 aromatic heterocycles. The molecule has 2 aliphatic rings. The monoisotopic (exact) mass is 498 g/mol. The summed E-state index contributed by atoms with van der Waals surface area (Å²) in [6, 6.07) is 17.8. The predicted molar refractivity (Wildman–Crippen MR) is 131 cm³/mol. The van der Waals surface area contributed by atoms with Gasteiger partial charge in [-0.25, -0.2) is 13.9 Å². The Kier molecular flexibility index (Phi) is 5.95. The first-order valence-corrected chi connectivity index (χ1v) is 13.8. The fraction of sp³-hybridized carbons (Fsp3) is 0.360. The van der Waals surface area contributed by atoms with Crippen LogP contribution in [0.4, 0.5) is 0 Å². The summed E-state index contributed by atoms with van der Waals surface area (Å²) in [6.45, 7) is 0.388. The van der Waals surface area contributed by atoms with E-state index in [1.165, 1.54) is 11.3 Å². The first-order chi connectivity index (χ1) is 16.3. The predicted octanol–water partition coefficient (Wildman–Crippen LogP) is 3.72. The maximum atomic E-state index is 13.7. The molecule has 2 amide bonds. The van der Waals surface area contributed by atoms with Gasteiger partial charge in [-0.05, 0) is 53.8 Å². The first-order valence-electron chi connectivity index (χ1n) is 11.4. The van der Waals surface area contributed by atoms with Gasteiger partial charge < -0.3 is 4.90 Å². The Balaban J connectivity index is 1.54. The van der Waals surface area contributed by atoms with Crippen LogP contribution in [0.3, 0.4) is 0 Å². The molecule has 1 saturated heterocycles. The van der Waals surface area contributed by atoms with Crippen molar-refractivity contribution >= 4 is 43.8 Å². The van der Waals surface area contributed by atoms with Crippen molar-refractivity contribution in [2.45, 2.75) is 30.4 Å². The number of carbonyl (C=O) groups excluding carboxylic acids is 2. The van der Waals surface area contributed by atoms with Gasteiger partial charge in [0.05, 0.1) is 12.2 Å². The maximum absolute atomic E-state index is 13.7. The molecule has 1 aliphatic heterocycles. The van der Waals surface area contributed by atoms with Gasteiger partial charge in [-0.15, -0.1) is 11.3 Å². The maximum Gasteiger partial charge on any atom is 0.245 e. The highest BCUT2D eigenvalue weighted by Gasteiger charge is 2.50. The van der Waals surface area contributed by atoms with E-state index in [4.69, 9.17) is 0 Å². The number of nitrogens with zero attached hydrogens (tertiary/aromatic N) is 1. The highest BCUT2D eigenvalue weighted by Crippen LogP contribution is 2.46. The molecule has 1 atom stereocenters. The minimum Gasteiger partial charge on any atom is -0.341 e. The summed E-state index contributed by atoms with van der Waals surface area (Å²) in [5.41, 5.74) is 2.57. The molecule has 1 unspecified atom stereocenters. The topological polar surface area (TPSA) is 104 Å². The van der Waals surface area contributed by atoms with Crippen LogP contribution in [0.1, 0.15) is 30.6 Å². The van der Waals surface area contributed by atoms with Crippen LogP contribution in [0.2, 0.25) is 0 Å². The summed E-state index contributed by atoms with van der Waals surface area (Å²) in [6.07, 6.45) is 1.41. The number of thiophene rings is 1. The van der Waals surface area contributed by atoms with Gasteiger partial charge in [0, 0.05) is 28.8 Å². The van der Waals surface area contributed by atoms with Crippen molar-refractivity contribution in [1.29, 1.82) is 0 Å². The van der Waals surface area contributed by atoms with Crippen LogP contribution in [0.25, 0.3) is 21.2 Å². The Labute approximate surface area is 202 Å². The molecule has 1 aliphatic carbocycles. The second-order valence-corrected chi connectivity index (χ2v) is 12.6. The van der Waals surface area contributed by atoms with Crippen molar-refractivity contribution in [3.8, 4) is 10.4 Å². The van der Waals surface area contributed by atoms with Gasteiger partial charge >= 0.3 is 0 Å². The second kappa shape index (κ2) is 8.79. The van der Waals surface area contributed by atoms with Crippen LogP contribution in [-0.2, 0) is 24.2 Å². The quantitative estimate of drug-likeness (QED) is 0.412. The Hall–Kier alpha value is -2.75. The van der Waals surface area contributed by atoms with Gasteiger partial charge in [0.15, 0.2) is 9.84 Å². The number of hydrogen-bond acceptors (Lipinski definition) is 6. The van der Waals surface area contributed by atoms with Crippen LogP contribution >= 0.6 is 11.3 Å². The van der Waals surface area contributed by atoms with Crippen LogP contribution in [0, 0.1) is 5.92 Å². The Morgan fingerprint density at radius 2 is 1.82 bits per heavy atom. The molecule has 7 nitrogen and oxygen atoms in total. The minimum atomic E-state index is -3.81. The number of nitrogens with one attached hydrogen (secondary N) is 1. The molecule has 2 fully saturated rings. The summed E-state index contributed by atoms with van der Waals surface area (Å²) in [4.78, 5) is 28.1. The highest BCUT2D eigenvalue weighted by atomic mass is 32.2. The van der Waals surface area contributed by atoms with E-state index in [0.717, 1.165) is 34.1 Å². The molecule has 1 saturated carbocycles. The van der Waals surface area contributed by atoms with E-state index in [2.05, 4.69) is 6.07 Å². The third kappa shape index (κ3) is 4.12. The van der Waals surface area contributed by atoms with E-state index in [1.807, 2.05) is 42.5 Å². The molecule has 2 aromatic carbocycles. The van der Waals surface area contributed by atoms with E-state index >= 15 is 0 Å². The molecule has 2 heterocycles. The van der Waals surface area contributed by atoms with Gasteiger partial charge in [-0.3, -0.25) is 14.8 Å². The van der Waals surface area contributed by atoms with E-state index in [1.54, 1.807) is 16.4 Å². The van der Waals surface area contributed by atoms with Crippen molar-refractivity contribution in [2.24, 2.45) is 5.92 Å². The van der Waals surface area contributed by atoms with Crippen LogP contribution in [-0.4, -0.2) is 49.2 Å². The SMILES string of the molecule is O=C(CC1(c2ccc(-c3ccc4ccccc4c3)s2)CCN(C(=O)C2CC2)CCS1(=O)=O)NO. The zero-order chi connectivity index (χ0) is 23.9. The number of rotatable bonds is 5. The molecule has 9 heteroatoms. The van der Waals surface area contributed by atoms with Crippen LogP contribution < -0.4 is 5.48 Å². The molecule has 3 aromatic rings. The molecule has 0 bridgehead atoms. The fourth-order valence-electron chi connectivity index (χ4n) is 4.76. The summed E-state index contributed by atoms with van der Waals surface area (Å²) in [5.74, 6) is -0.975. The Bertz CT molecular complexity index is 1360. The minimum absolute atomic E-state index is 0.000594. The lowest BCUT2D eigenvalue weighted by Crippen LogP contribution is -2.41. The van der Waals surface area contributed by atoms with Gasteiger partial charge in [-0.1, -0.05) is 36.4 Å². The standard InChI is InChI=1S/C25H26N2O5S2/c28-23(26-30)16-25(11-12-27(13-14-34(25,31)32)24(29)18-6-7-18)22-10-9-21(33-22)20-8-5-17-3-1-2-4-19(17)15-20/h1-5,8-10,15,18,30H,6-7,11-14,16H2,(H,26,28). The molecular weight excluding hydrogens is 472 g/mol. The molecule has 5 rings (SSSR count). The van der Waals surface area contributed by atoms with E-state index in [-0.39, 0.29) is 37.1 Å². The second-order valence-electron chi connectivity index (χ2n) is 9.10. The van der Waals surface area contributed by atoms with Crippen molar-refractivity contribution in [3.63, 3.8) is 0 Å². The lowest BCUT2D eigenvalue weighted by molar-refractivity contribution is -0.132. The first kappa shape index (κ1) is 23.0. The molecule has 0 radical (unpaired) electrons. The third-order valence-corrected chi connectivity index (χ3v) is 10.9. The third-order valence-electron chi connectivity index (χ3n) is 6.91. The van der Waals surface area contributed by atoms with Gasteiger partial charge in [0.2, 0.25) is 11.8 Å². The number of hydroxylamine groups is 1. The van der Waals surface area contributed by atoms with Crippen LogP contribution in [0.15, 0.2) is 54.6 Å². The average Bonchev–Trinajstić information content (AvgIpc) is 3.60. The van der Waals surface area contributed by atoms with Crippen molar-refractivity contribution in [3.05, 3.63) is 59.5 Å². The Morgan fingerprint density at radius 1 is 1.06 bits per heavy atom. The Morgan fingerprint density at radius 3 is 2.56 bits per heavy atom. The number of hydrogen-bond donors (Lipinski definition) is 2. The zero-order valence-electron chi connectivity index (χ0n) is 18.6. The smallest absolute Gasteiger partial charge is 0.245 e. The normalized spacial score (nSPS) is 22.3. The molecule has 178 valence electrons. The number of amides is 2. The van der Waals surface area contributed by atoms with Crippen molar-refractivity contribution in [2.75, 3.05) is 18.8 Å². The summed E-state index contributed by atoms with van der Waals surface area (Å²) >= 11 is 1.35. The number of carbonyl (C=O) groups is 2. The lowest BCUT2D eigenvalue weighted by Gasteiger charge is -2.30. The average molecular weight is 499 g/mol. The van der Waals surface area contributed by atoms with Gasteiger partial charge in [0.25, 0.3) is 0 Å².